The highest BCUT2D eigenvalue weighted by atomic mass is 16.2. The molecule has 2 aliphatic rings. The standard InChI is InChI=1S/C21H28N4O/c1-2-17-10-6-7-12-24(17)15-20(26)25-13-11-19-18(14-25)21(23-22-19)16-8-4-3-5-9-16/h3-5,8-9,17H,2,6-7,10-15H2,1H3,(H,22,23). The van der Waals surface area contributed by atoms with E-state index in [4.69, 9.17) is 0 Å². The van der Waals surface area contributed by atoms with Gasteiger partial charge in [-0.05, 0) is 25.8 Å². The van der Waals surface area contributed by atoms with Crippen LogP contribution in [0.2, 0.25) is 0 Å². The van der Waals surface area contributed by atoms with Crippen molar-refractivity contribution in [2.45, 2.75) is 51.6 Å². The van der Waals surface area contributed by atoms with Gasteiger partial charge in [0.1, 0.15) is 0 Å². The summed E-state index contributed by atoms with van der Waals surface area (Å²) >= 11 is 0. The molecule has 0 radical (unpaired) electrons. The number of H-pyrrole nitrogens is 1. The first-order valence-electron chi connectivity index (χ1n) is 9.89. The summed E-state index contributed by atoms with van der Waals surface area (Å²) in [6.45, 7) is 5.31. The number of hydrogen-bond donors (Lipinski definition) is 1. The molecule has 2 aromatic rings. The Morgan fingerprint density at radius 2 is 2.08 bits per heavy atom. The molecule has 2 aliphatic heterocycles. The first kappa shape index (κ1) is 17.3. The monoisotopic (exact) mass is 352 g/mol. The third-order valence-electron chi connectivity index (χ3n) is 5.89. The van der Waals surface area contributed by atoms with Gasteiger partial charge in [0.25, 0.3) is 0 Å². The average Bonchev–Trinajstić information content (AvgIpc) is 3.12. The van der Waals surface area contributed by atoms with E-state index in [9.17, 15) is 4.79 Å². The van der Waals surface area contributed by atoms with Crippen LogP contribution in [-0.4, -0.2) is 51.6 Å². The van der Waals surface area contributed by atoms with Crippen LogP contribution in [0.25, 0.3) is 11.3 Å². The van der Waals surface area contributed by atoms with Crippen molar-refractivity contribution in [2.24, 2.45) is 0 Å². The summed E-state index contributed by atoms with van der Waals surface area (Å²) in [5, 5.41) is 7.71. The SMILES string of the molecule is CCC1CCCCN1CC(=O)N1CCc2[nH]nc(-c3ccccc3)c2C1. The van der Waals surface area contributed by atoms with Gasteiger partial charge in [-0.15, -0.1) is 0 Å². The Morgan fingerprint density at radius 3 is 2.88 bits per heavy atom. The Hall–Kier alpha value is -2.14. The third kappa shape index (κ3) is 3.40. The molecule has 0 bridgehead atoms. The highest BCUT2D eigenvalue weighted by molar-refractivity contribution is 5.79. The fourth-order valence-corrected chi connectivity index (χ4v) is 4.35. The number of benzene rings is 1. The highest BCUT2D eigenvalue weighted by Gasteiger charge is 2.29. The fraction of sp³-hybridized carbons (Fsp3) is 0.524. The predicted molar refractivity (Wildman–Crippen MR) is 103 cm³/mol. The van der Waals surface area contributed by atoms with Gasteiger partial charge >= 0.3 is 0 Å². The van der Waals surface area contributed by atoms with E-state index in [1.165, 1.54) is 30.5 Å². The summed E-state index contributed by atoms with van der Waals surface area (Å²) < 4.78 is 0. The molecule has 0 saturated carbocycles. The predicted octanol–water partition coefficient (Wildman–Crippen LogP) is 3.23. The number of nitrogens with zero attached hydrogens (tertiary/aromatic N) is 3. The van der Waals surface area contributed by atoms with Crippen LogP contribution in [0.4, 0.5) is 0 Å². The average molecular weight is 352 g/mol. The van der Waals surface area contributed by atoms with Gasteiger partial charge in [0.05, 0.1) is 12.2 Å². The topological polar surface area (TPSA) is 52.2 Å². The van der Waals surface area contributed by atoms with Gasteiger partial charge in [-0.2, -0.15) is 5.10 Å². The highest BCUT2D eigenvalue weighted by Crippen LogP contribution is 2.28. The zero-order chi connectivity index (χ0) is 17.9. The van der Waals surface area contributed by atoms with Crippen molar-refractivity contribution in [1.29, 1.82) is 0 Å². The third-order valence-corrected chi connectivity index (χ3v) is 5.89. The molecule has 5 heteroatoms. The van der Waals surface area contributed by atoms with Crippen molar-refractivity contribution in [3.8, 4) is 11.3 Å². The number of carbonyl (C=O) groups is 1. The van der Waals surface area contributed by atoms with Crippen LogP contribution in [0.5, 0.6) is 0 Å². The molecule has 1 amide bonds. The van der Waals surface area contributed by atoms with Crippen molar-refractivity contribution in [3.63, 3.8) is 0 Å². The van der Waals surface area contributed by atoms with Gasteiger partial charge in [-0.3, -0.25) is 14.8 Å². The first-order valence-corrected chi connectivity index (χ1v) is 9.89. The number of aromatic nitrogens is 2. The van der Waals surface area contributed by atoms with Crippen LogP contribution in [0.3, 0.4) is 0 Å². The van der Waals surface area contributed by atoms with Gasteiger partial charge in [0, 0.05) is 42.4 Å². The number of rotatable bonds is 4. The van der Waals surface area contributed by atoms with Gasteiger partial charge in [-0.1, -0.05) is 43.7 Å². The van der Waals surface area contributed by atoms with E-state index in [0.29, 0.717) is 19.1 Å². The second-order valence-corrected chi connectivity index (χ2v) is 7.49. The summed E-state index contributed by atoms with van der Waals surface area (Å²) in [5.74, 6) is 0.260. The van der Waals surface area contributed by atoms with Crippen LogP contribution in [0, 0.1) is 0 Å². The number of fused-ring (bicyclic) bond motifs is 1. The van der Waals surface area contributed by atoms with Gasteiger partial charge in [0.15, 0.2) is 0 Å². The van der Waals surface area contributed by atoms with Crippen LogP contribution >= 0.6 is 0 Å². The Labute approximate surface area is 155 Å². The van der Waals surface area contributed by atoms with E-state index >= 15 is 0 Å². The minimum atomic E-state index is 0.260. The second-order valence-electron chi connectivity index (χ2n) is 7.49. The second kappa shape index (κ2) is 7.62. The maximum Gasteiger partial charge on any atom is 0.237 e. The number of likely N-dealkylation sites (tertiary alicyclic amines) is 1. The van der Waals surface area contributed by atoms with Crippen LogP contribution in [-0.2, 0) is 17.8 Å². The van der Waals surface area contributed by atoms with E-state index in [2.05, 4.69) is 34.2 Å². The Balaban J connectivity index is 1.48. The van der Waals surface area contributed by atoms with E-state index in [-0.39, 0.29) is 5.91 Å². The minimum absolute atomic E-state index is 0.260. The summed E-state index contributed by atoms with van der Waals surface area (Å²) in [4.78, 5) is 17.4. The molecule has 5 nitrogen and oxygen atoms in total. The maximum atomic E-state index is 13.0. The zero-order valence-electron chi connectivity index (χ0n) is 15.6. The molecular weight excluding hydrogens is 324 g/mol. The van der Waals surface area contributed by atoms with Crippen molar-refractivity contribution in [3.05, 3.63) is 41.6 Å². The zero-order valence-corrected chi connectivity index (χ0v) is 15.6. The van der Waals surface area contributed by atoms with Crippen molar-refractivity contribution >= 4 is 5.91 Å². The molecule has 1 saturated heterocycles. The number of amides is 1. The maximum absolute atomic E-state index is 13.0. The molecule has 3 heterocycles. The number of hydrogen-bond acceptors (Lipinski definition) is 3. The quantitative estimate of drug-likeness (QED) is 0.919. The van der Waals surface area contributed by atoms with Crippen LogP contribution in [0.15, 0.2) is 30.3 Å². The molecule has 1 fully saturated rings. The molecule has 1 N–H and O–H groups in total. The molecule has 4 rings (SSSR count). The lowest BCUT2D eigenvalue weighted by atomic mass is 9.99. The molecule has 1 atom stereocenters. The van der Waals surface area contributed by atoms with Crippen LogP contribution in [0.1, 0.15) is 43.9 Å². The summed E-state index contributed by atoms with van der Waals surface area (Å²) in [5.41, 5.74) is 4.46. The summed E-state index contributed by atoms with van der Waals surface area (Å²) in [7, 11) is 0. The Bertz CT molecular complexity index is 755. The number of nitrogens with one attached hydrogen (secondary N) is 1. The normalized spacial score (nSPS) is 20.8. The van der Waals surface area contributed by atoms with E-state index in [0.717, 1.165) is 37.2 Å². The molecule has 1 aromatic carbocycles. The molecule has 0 aliphatic carbocycles. The molecule has 26 heavy (non-hydrogen) atoms. The van der Waals surface area contributed by atoms with Crippen molar-refractivity contribution in [1.82, 2.24) is 20.0 Å². The lowest BCUT2D eigenvalue weighted by Gasteiger charge is -2.36. The van der Waals surface area contributed by atoms with Gasteiger partial charge < -0.3 is 4.90 Å². The molecule has 1 aromatic heterocycles. The van der Waals surface area contributed by atoms with E-state index < -0.39 is 0 Å². The summed E-state index contributed by atoms with van der Waals surface area (Å²) in [6.07, 6.45) is 5.74. The molecule has 1 unspecified atom stereocenters. The van der Waals surface area contributed by atoms with Gasteiger partial charge in [-0.25, -0.2) is 0 Å². The fourth-order valence-electron chi connectivity index (χ4n) is 4.35. The minimum Gasteiger partial charge on any atom is -0.337 e. The van der Waals surface area contributed by atoms with Gasteiger partial charge in [0.2, 0.25) is 5.91 Å². The summed E-state index contributed by atoms with van der Waals surface area (Å²) in [6, 6.07) is 10.8. The molecular formula is C21H28N4O. The lowest BCUT2D eigenvalue weighted by Crippen LogP contribution is -2.47. The smallest absolute Gasteiger partial charge is 0.237 e. The first-order chi connectivity index (χ1) is 12.8. The number of aromatic amines is 1. The Morgan fingerprint density at radius 1 is 1.23 bits per heavy atom. The number of piperidine rings is 1. The molecule has 138 valence electrons. The van der Waals surface area contributed by atoms with Crippen molar-refractivity contribution in [2.75, 3.05) is 19.6 Å². The lowest BCUT2D eigenvalue weighted by molar-refractivity contribution is -0.134. The van der Waals surface area contributed by atoms with Crippen LogP contribution < -0.4 is 0 Å². The van der Waals surface area contributed by atoms with Crippen molar-refractivity contribution < 1.29 is 4.79 Å². The largest absolute Gasteiger partial charge is 0.337 e. The number of carbonyl (C=O) groups excluding carboxylic acids is 1. The van der Waals surface area contributed by atoms with E-state index in [1.54, 1.807) is 0 Å². The van der Waals surface area contributed by atoms with E-state index in [1.807, 2.05) is 23.1 Å². The molecule has 0 spiro atoms. The Kier molecular flexibility index (Phi) is 5.07.